The van der Waals surface area contributed by atoms with E-state index in [0.29, 0.717) is 24.2 Å². The lowest BCUT2D eigenvalue weighted by Crippen LogP contribution is -2.35. The summed E-state index contributed by atoms with van der Waals surface area (Å²) in [6.45, 7) is 2.02. The number of aromatic nitrogens is 2. The Morgan fingerprint density at radius 3 is 2.94 bits per heavy atom. The van der Waals surface area contributed by atoms with Crippen LogP contribution >= 0.6 is 0 Å². The predicted molar refractivity (Wildman–Crippen MR) is 54.8 cm³/mol. The highest BCUT2D eigenvalue weighted by molar-refractivity contribution is 5.72. The van der Waals surface area contributed by atoms with E-state index in [-0.39, 0.29) is 0 Å². The summed E-state index contributed by atoms with van der Waals surface area (Å²) >= 11 is 0. The fourth-order valence-electron chi connectivity index (χ4n) is 1.38. The predicted octanol–water partition coefficient (Wildman–Crippen LogP) is 0.852. The zero-order valence-corrected chi connectivity index (χ0v) is 9.38. The van der Waals surface area contributed by atoms with Crippen molar-refractivity contribution in [2.24, 2.45) is 0 Å². The molecule has 1 atom stereocenters. The highest BCUT2D eigenvalue weighted by atomic mass is 16.5. The molecule has 88 valence electrons. The van der Waals surface area contributed by atoms with E-state index in [1.807, 2.05) is 0 Å². The van der Waals surface area contributed by atoms with Gasteiger partial charge in [0.25, 0.3) is 0 Å². The Balaban J connectivity index is 1.94. The molecular weight excluding hydrogens is 210 g/mol. The minimum atomic E-state index is -0.853. The molecule has 1 fully saturated rings. The second-order valence-electron chi connectivity index (χ2n) is 4.25. The maximum atomic E-state index is 10.7. The second-order valence-corrected chi connectivity index (χ2v) is 4.25. The number of likely N-dealkylation sites (N-methyl/N-ethyl adjacent to an activating group) is 1. The minimum Gasteiger partial charge on any atom is -0.480 e. The van der Waals surface area contributed by atoms with E-state index < -0.39 is 12.0 Å². The average Bonchev–Trinajstić information content (AvgIpc) is 2.99. The van der Waals surface area contributed by atoms with Gasteiger partial charge in [-0.25, -0.2) is 0 Å². The van der Waals surface area contributed by atoms with Gasteiger partial charge in [0.2, 0.25) is 5.89 Å². The first kappa shape index (κ1) is 11.1. The molecule has 1 heterocycles. The third-order valence-corrected chi connectivity index (χ3v) is 2.82. The Hall–Kier alpha value is -1.43. The van der Waals surface area contributed by atoms with Crippen molar-refractivity contribution in [2.45, 2.75) is 38.3 Å². The first-order valence-corrected chi connectivity index (χ1v) is 5.33. The summed E-state index contributed by atoms with van der Waals surface area (Å²) in [5.74, 6) is 0.820. The molecule has 6 heteroatoms. The van der Waals surface area contributed by atoms with Crippen LogP contribution in [0.4, 0.5) is 0 Å². The standard InChI is InChI=1S/C10H15N3O3/c1-6(10(14)15)13(2)5-8-11-9(16-12-8)7-3-4-7/h6-7H,3-5H2,1-2H3,(H,14,15). The molecule has 1 N–H and O–H groups in total. The topological polar surface area (TPSA) is 79.5 Å². The molecule has 16 heavy (non-hydrogen) atoms. The van der Waals surface area contributed by atoms with Crippen molar-refractivity contribution >= 4 is 5.97 Å². The van der Waals surface area contributed by atoms with Crippen LogP contribution in [0.5, 0.6) is 0 Å². The Kier molecular flexibility index (Phi) is 2.91. The Bertz CT molecular complexity index is 386. The van der Waals surface area contributed by atoms with Gasteiger partial charge < -0.3 is 9.63 Å². The average molecular weight is 225 g/mol. The normalized spacial score (nSPS) is 17.7. The molecule has 2 rings (SSSR count). The highest BCUT2D eigenvalue weighted by Crippen LogP contribution is 2.38. The van der Waals surface area contributed by atoms with Crippen molar-refractivity contribution in [3.05, 3.63) is 11.7 Å². The third-order valence-electron chi connectivity index (χ3n) is 2.82. The lowest BCUT2D eigenvalue weighted by atomic mass is 10.3. The molecule has 1 aliphatic rings. The van der Waals surface area contributed by atoms with Crippen LogP contribution in [0, 0.1) is 0 Å². The summed E-state index contributed by atoms with van der Waals surface area (Å²) in [5.41, 5.74) is 0. The van der Waals surface area contributed by atoms with Crippen molar-refractivity contribution in [3.63, 3.8) is 0 Å². The monoisotopic (exact) mass is 225 g/mol. The van der Waals surface area contributed by atoms with E-state index in [0.717, 1.165) is 12.8 Å². The van der Waals surface area contributed by atoms with Gasteiger partial charge in [0.15, 0.2) is 5.82 Å². The van der Waals surface area contributed by atoms with Crippen LogP contribution in [0.2, 0.25) is 0 Å². The molecule has 0 saturated heterocycles. The van der Waals surface area contributed by atoms with E-state index in [2.05, 4.69) is 10.1 Å². The summed E-state index contributed by atoms with van der Waals surface area (Å²) in [5, 5.41) is 12.7. The van der Waals surface area contributed by atoms with Crippen LogP contribution in [0.25, 0.3) is 0 Å². The summed E-state index contributed by atoms with van der Waals surface area (Å²) in [7, 11) is 1.73. The van der Waals surface area contributed by atoms with Gasteiger partial charge in [0, 0.05) is 5.92 Å². The molecule has 6 nitrogen and oxygen atoms in total. The van der Waals surface area contributed by atoms with E-state index >= 15 is 0 Å². The summed E-state index contributed by atoms with van der Waals surface area (Å²) in [4.78, 5) is 16.7. The number of nitrogens with zero attached hydrogens (tertiary/aromatic N) is 3. The zero-order valence-electron chi connectivity index (χ0n) is 9.38. The van der Waals surface area contributed by atoms with Crippen molar-refractivity contribution in [2.75, 3.05) is 7.05 Å². The Labute approximate surface area is 93.2 Å². The van der Waals surface area contributed by atoms with Gasteiger partial charge in [-0.2, -0.15) is 4.98 Å². The van der Waals surface area contributed by atoms with Gasteiger partial charge in [-0.3, -0.25) is 9.69 Å². The van der Waals surface area contributed by atoms with Crippen LogP contribution in [0.15, 0.2) is 4.52 Å². The van der Waals surface area contributed by atoms with E-state index in [1.54, 1.807) is 18.9 Å². The van der Waals surface area contributed by atoms with E-state index in [4.69, 9.17) is 9.63 Å². The van der Waals surface area contributed by atoms with Gasteiger partial charge in [0.05, 0.1) is 6.54 Å². The smallest absolute Gasteiger partial charge is 0.320 e. The molecule has 1 aliphatic carbocycles. The van der Waals surface area contributed by atoms with Crippen LogP contribution in [-0.4, -0.2) is 39.2 Å². The molecular formula is C10H15N3O3. The van der Waals surface area contributed by atoms with Gasteiger partial charge in [-0.15, -0.1) is 0 Å². The van der Waals surface area contributed by atoms with Crippen LogP contribution < -0.4 is 0 Å². The number of rotatable bonds is 5. The second kappa shape index (κ2) is 4.21. The van der Waals surface area contributed by atoms with Crippen LogP contribution in [-0.2, 0) is 11.3 Å². The number of carboxylic acids is 1. The fourth-order valence-corrected chi connectivity index (χ4v) is 1.38. The lowest BCUT2D eigenvalue weighted by molar-refractivity contribution is -0.142. The van der Waals surface area contributed by atoms with Crippen molar-refractivity contribution in [1.29, 1.82) is 0 Å². The third kappa shape index (κ3) is 2.38. The van der Waals surface area contributed by atoms with Gasteiger partial charge in [-0.05, 0) is 26.8 Å². The summed E-state index contributed by atoms with van der Waals surface area (Å²) < 4.78 is 5.09. The molecule has 1 aromatic rings. The van der Waals surface area contributed by atoms with Crippen molar-refractivity contribution in [1.82, 2.24) is 15.0 Å². The summed E-state index contributed by atoms with van der Waals surface area (Å²) in [6.07, 6.45) is 2.23. The van der Waals surface area contributed by atoms with Crippen LogP contribution in [0.1, 0.15) is 37.4 Å². The fraction of sp³-hybridized carbons (Fsp3) is 0.700. The molecule has 0 radical (unpaired) electrons. The maximum absolute atomic E-state index is 10.7. The molecule has 0 aliphatic heterocycles. The minimum absolute atomic E-state index is 0.393. The number of hydrogen-bond acceptors (Lipinski definition) is 5. The van der Waals surface area contributed by atoms with Crippen molar-refractivity contribution in [3.8, 4) is 0 Å². The molecule has 0 amide bonds. The molecule has 0 spiro atoms. The molecule has 1 aromatic heterocycles. The number of aliphatic carboxylic acids is 1. The molecule has 0 aromatic carbocycles. The Morgan fingerprint density at radius 2 is 2.38 bits per heavy atom. The molecule has 0 bridgehead atoms. The molecule has 1 saturated carbocycles. The zero-order chi connectivity index (χ0) is 11.7. The Morgan fingerprint density at radius 1 is 1.69 bits per heavy atom. The van der Waals surface area contributed by atoms with Crippen molar-refractivity contribution < 1.29 is 14.4 Å². The number of carboxylic acid groups (broad SMARTS) is 1. The quantitative estimate of drug-likeness (QED) is 0.800. The summed E-state index contributed by atoms with van der Waals surface area (Å²) in [6, 6.07) is -0.553. The van der Waals surface area contributed by atoms with E-state index in [9.17, 15) is 4.79 Å². The van der Waals surface area contributed by atoms with Gasteiger partial charge >= 0.3 is 5.97 Å². The first-order valence-electron chi connectivity index (χ1n) is 5.33. The first-order chi connectivity index (χ1) is 7.58. The SMILES string of the molecule is CC(C(=O)O)N(C)Cc1noc(C2CC2)n1. The van der Waals surface area contributed by atoms with Crippen LogP contribution in [0.3, 0.4) is 0 Å². The largest absolute Gasteiger partial charge is 0.480 e. The number of carbonyl (C=O) groups is 1. The highest BCUT2D eigenvalue weighted by Gasteiger charge is 2.30. The van der Waals surface area contributed by atoms with Gasteiger partial charge in [-0.1, -0.05) is 5.16 Å². The maximum Gasteiger partial charge on any atom is 0.320 e. The number of hydrogen-bond donors (Lipinski definition) is 1. The molecule has 1 unspecified atom stereocenters. The van der Waals surface area contributed by atoms with Gasteiger partial charge in [0.1, 0.15) is 6.04 Å². The van der Waals surface area contributed by atoms with E-state index in [1.165, 1.54) is 0 Å². The lowest BCUT2D eigenvalue weighted by Gasteiger charge is -2.18.